The van der Waals surface area contributed by atoms with Gasteiger partial charge in [0.15, 0.2) is 0 Å². The normalized spacial score (nSPS) is 11.2. The maximum Gasteiger partial charge on any atom is 0.262 e. The van der Waals surface area contributed by atoms with E-state index in [9.17, 15) is 13.2 Å². The number of hydrogen-bond acceptors (Lipinski definition) is 4. The summed E-state index contributed by atoms with van der Waals surface area (Å²) in [6, 6.07) is 12.6. The lowest BCUT2D eigenvalue weighted by atomic mass is 10.2. The van der Waals surface area contributed by atoms with Crippen LogP contribution in [0.25, 0.3) is 0 Å². The molecule has 1 amide bonds. The molecule has 6 nitrogen and oxygen atoms in total. The summed E-state index contributed by atoms with van der Waals surface area (Å²) in [6.45, 7) is 4.49. The topological polar surface area (TPSA) is 84.5 Å². The number of amides is 1. The average molecular weight is 362 g/mol. The molecule has 0 unspecified atom stereocenters. The predicted molar refractivity (Wildman–Crippen MR) is 97.4 cm³/mol. The summed E-state index contributed by atoms with van der Waals surface area (Å²) in [5, 5.41) is 2.77. The molecule has 0 aliphatic heterocycles. The van der Waals surface area contributed by atoms with Crippen LogP contribution < -0.4 is 14.8 Å². The Balaban J connectivity index is 2.25. The van der Waals surface area contributed by atoms with Crippen LogP contribution in [0.15, 0.2) is 53.4 Å². The smallest absolute Gasteiger partial charge is 0.262 e. The quantitative estimate of drug-likeness (QED) is 0.793. The number of nitrogens with one attached hydrogen (secondary N) is 2. The Labute approximate surface area is 148 Å². The van der Waals surface area contributed by atoms with Gasteiger partial charge in [0.1, 0.15) is 5.75 Å². The van der Waals surface area contributed by atoms with E-state index in [2.05, 4.69) is 10.0 Å². The number of ether oxygens (including phenoxy) is 1. The molecule has 0 radical (unpaired) electrons. The van der Waals surface area contributed by atoms with E-state index in [1.807, 2.05) is 13.8 Å². The zero-order valence-electron chi connectivity index (χ0n) is 14.4. The molecule has 0 aliphatic rings. The number of benzene rings is 2. The molecule has 0 saturated carbocycles. The Kier molecular flexibility index (Phi) is 6.03. The Hall–Kier alpha value is -2.54. The van der Waals surface area contributed by atoms with Gasteiger partial charge in [0.25, 0.3) is 15.9 Å². The largest absolute Gasteiger partial charge is 0.495 e. The molecule has 0 spiro atoms. The molecule has 0 aliphatic carbocycles. The van der Waals surface area contributed by atoms with Gasteiger partial charge in [-0.1, -0.05) is 32.0 Å². The molecule has 2 rings (SSSR count). The maximum atomic E-state index is 12.6. The van der Waals surface area contributed by atoms with Crippen LogP contribution in [0.3, 0.4) is 0 Å². The lowest BCUT2D eigenvalue weighted by Gasteiger charge is -2.12. The summed E-state index contributed by atoms with van der Waals surface area (Å²) in [5.41, 5.74) is 0.628. The van der Waals surface area contributed by atoms with E-state index in [0.717, 1.165) is 0 Å². The second-order valence-corrected chi connectivity index (χ2v) is 7.62. The number of sulfonamides is 1. The minimum atomic E-state index is -3.84. The highest BCUT2D eigenvalue weighted by molar-refractivity contribution is 7.92. The number of carbonyl (C=O) groups excluding carboxylic acids is 1. The molecule has 0 fully saturated rings. The molecule has 134 valence electrons. The Morgan fingerprint density at radius 3 is 2.52 bits per heavy atom. The van der Waals surface area contributed by atoms with Gasteiger partial charge in [-0.05, 0) is 36.2 Å². The molecule has 7 heteroatoms. The highest BCUT2D eigenvalue weighted by Crippen LogP contribution is 2.26. The van der Waals surface area contributed by atoms with Crippen molar-refractivity contribution in [1.82, 2.24) is 5.32 Å². The number of rotatable bonds is 7. The van der Waals surface area contributed by atoms with Crippen LogP contribution in [-0.4, -0.2) is 28.0 Å². The van der Waals surface area contributed by atoms with Crippen molar-refractivity contribution in [2.75, 3.05) is 18.4 Å². The summed E-state index contributed by atoms with van der Waals surface area (Å²) in [5.74, 6) is 0.419. The molecule has 0 bridgehead atoms. The Bertz CT molecular complexity index is 848. The van der Waals surface area contributed by atoms with Crippen LogP contribution in [0.5, 0.6) is 5.75 Å². The zero-order valence-corrected chi connectivity index (χ0v) is 15.3. The molecule has 0 aromatic heterocycles. The Morgan fingerprint density at radius 2 is 1.84 bits per heavy atom. The molecule has 2 N–H and O–H groups in total. The van der Waals surface area contributed by atoms with Gasteiger partial charge in [-0.25, -0.2) is 8.42 Å². The zero-order chi connectivity index (χ0) is 18.4. The van der Waals surface area contributed by atoms with Gasteiger partial charge in [-0.3, -0.25) is 9.52 Å². The van der Waals surface area contributed by atoms with Crippen LogP contribution in [0, 0.1) is 5.92 Å². The van der Waals surface area contributed by atoms with Crippen molar-refractivity contribution in [2.45, 2.75) is 18.7 Å². The van der Waals surface area contributed by atoms with E-state index in [4.69, 9.17) is 4.74 Å². The van der Waals surface area contributed by atoms with Crippen molar-refractivity contribution in [1.29, 1.82) is 0 Å². The number of anilines is 1. The van der Waals surface area contributed by atoms with Crippen molar-refractivity contribution >= 4 is 21.6 Å². The fourth-order valence-corrected chi connectivity index (χ4v) is 3.25. The van der Waals surface area contributed by atoms with Crippen LogP contribution in [0.2, 0.25) is 0 Å². The molecule has 0 atom stereocenters. The molecule has 0 heterocycles. The monoisotopic (exact) mass is 362 g/mol. The lowest BCUT2D eigenvalue weighted by molar-refractivity contribution is 0.0949. The summed E-state index contributed by atoms with van der Waals surface area (Å²) < 4.78 is 32.9. The van der Waals surface area contributed by atoms with Gasteiger partial charge >= 0.3 is 0 Å². The number of para-hydroxylation sites is 2. The first kappa shape index (κ1) is 18.8. The van der Waals surface area contributed by atoms with E-state index in [0.29, 0.717) is 29.5 Å². The van der Waals surface area contributed by atoms with Crippen LogP contribution >= 0.6 is 0 Å². The van der Waals surface area contributed by atoms with Crippen LogP contribution in [0.1, 0.15) is 24.2 Å². The number of methoxy groups -OCH3 is 1. The second-order valence-electron chi connectivity index (χ2n) is 5.94. The molecule has 0 saturated heterocycles. The second kappa shape index (κ2) is 8.02. The first-order chi connectivity index (χ1) is 11.8. The third kappa shape index (κ3) is 4.96. The van der Waals surface area contributed by atoms with Gasteiger partial charge in [-0.15, -0.1) is 0 Å². The van der Waals surface area contributed by atoms with E-state index in [-0.39, 0.29) is 10.8 Å². The van der Waals surface area contributed by atoms with Crippen molar-refractivity contribution in [3.8, 4) is 5.75 Å². The SMILES string of the molecule is COc1ccccc1NS(=O)(=O)c1cccc(C(=O)NCC(C)C)c1. The van der Waals surface area contributed by atoms with E-state index in [1.54, 1.807) is 36.4 Å². The van der Waals surface area contributed by atoms with Crippen molar-refractivity contribution in [3.63, 3.8) is 0 Å². The maximum absolute atomic E-state index is 12.6. The molecule has 2 aromatic carbocycles. The molecule has 25 heavy (non-hydrogen) atoms. The van der Waals surface area contributed by atoms with E-state index in [1.165, 1.54) is 19.2 Å². The third-order valence-corrected chi connectivity index (χ3v) is 4.79. The fraction of sp³-hybridized carbons (Fsp3) is 0.278. The minimum Gasteiger partial charge on any atom is -0.495 e. The first-order valence-corrected chi connectivity index (χ1v) is 9.36. The highest BCUT2D eigenvalue weighted by Gasteiger charge is 2.18. The first-order valence-electron chi connectivity index (χ1n) is 7.87. The van der Waals surface area contributed by atoms with Gasteiger partial charge in [-0.2, -0.15) is 0 Å². The Morgan fingerprint density at radius 1 is 1.12 bits per heavy atom. The average Bonchev–Trinajstić information content (AvgIpc) is 2.60. The summed E-state index contributed by atoms with van der Waals surface area (Å²) in [6.07, 6.45) is 0. The van der Waals surface area contributed by atoms with Crippen LogP contribution in [-0.2, 0) is 10.0 Å². The highest BCUT2D eigenvalue weighted by atomic mass is 32.2. The lowest BCUT2D eigenvalue weighted by Crippen LogP contribution is -2.27. The van der Waals surface area contributed by atoms with Gasteiger partial charge < -0.3 is 10.1 Å². The van der Waals surface area contributed by atoms with Gasteiger partial charge in [0, 0.05) is 12.1 Å². The number of hydrogen-bond donors (Lipinski definition) is 2. The van der Waals surface area contributed by atoms with Gasteiger partial charge in [0.05, 0.1) is 17.7 Å². The third-order valence-electron chi connectivity index (χ3n) is 3.43. The molecular formula is C18H22N2O4S. The van der Waals surface area contributed by atoms with E-state index >= 15 is 0 Å². The van der Waals surface area contributed by atoms with Crippen molar-refractivity contribution < 1.29 is 17.9 Å². The fourth-order valence-electron chi connectivity index (χ4n) is 2.14. The molecular weight excluding hydrogens is 340 g/mol. The van der Waals surface area contributed by atoms with Crippen molar-refractivity contribution in [2.24, 2.45) is 5.92 Å². The van der Waals surface area contributed by atoms with Crippen molar-refractivity contribution in [3.05, 3.63) is 54.1 Å². The predicted octanol–water partition coefficient (Wildman–Crippen LogP) is 2.88. The summed E-state index contributed by atoms with van der Waals surface area (Å²) in [4.78, 5) is 12.2. The van der Waals surface area contributed by atoms with Gasteiger partial charge in [0.2, 0.25) is 0 Å². The van der Waals surface area contributed by atoms with E-state index < -0.39 is 10.0 Å². The standard InChI is InChI=1S/C18H22N2O4S/c1-13(2)12-19-18(21)14-7-6-8-15(11-14)25(22,23)20-16-9-4-5-10-17(16)24-3/h4-11,13,20H,12H2,1-3H3,(H,19,21). The van der Waals surface area contributed by atoms with Crippen LogP contribution in [0.4, 0.5) is 5.69 Å². The summed E-state index contributed by atoms with van der Waals surface area (Å²) >= 11 is 0. The summed E-state index contributed by atoms with van der Waals surface area (Å²) in [7, 11) is -2.38. The molecule has 2 aromatic rings. The number of carbonyl (C=O) groups is 1. The minimum absolute atomic E-state index is 0.00982.